The molecule has 0 amide bonds. The highest BCUT2D eigenvalue weighted by molar-refractivity contribution is 7.86. The second-order valence-electron chi connectivity index (χ2n) is 3.57. The van der Waals surface area contributed by atoms with Crippen LogP contribution in [0, 0.1) is 0 Å². The highest BCUT2D eigenvalue weighted by atomic mass is 32.2. The lowest BCUT2D eigenvalue weighted by Crippen LogP contribution is -2.25. The largest absolute Gasteiger partial charge is 0.465 e. The summed E-state index contributed by atoms with van der Waals surface area (Å²) in [4.78, 5) is 14.8. The lowest BCUT2D eigenvalue weighted by Gasteiger charge is -2.10. The maximum Gasteiger partial charge on any atom is 0.417 e. The quantitative estimate of drug-likeness (QED) is 0.799. The van der Waals surface area contributed by atoms with Gasteiger partial charge in [0, 0.05) is 6.20 Å². The second-order valence-corrected chi connectivity index (χ2v) is 5.29. The Morgan fingerprint density at radius 2 is 2.11 bits per heavy atom. The number of hydrogen-bond donors (Lipinski definition) is 0. The molecule has 0 N–H and O–H groups in total. The maximum atomic E-state index is 12.3. The average Bonchev–Trinajstić information content (AvgIpc) is 2.36. The van der Waals surface area contributed by atoms with E-state index in [1.165, 1.54) is 6.92 Å². The monoisotopic (exact) mass is 295 g/mol. The molecule has 0 saturated heterocycles. The van der Waals surface area contributed by atoms with Gasteiger partial charge in [-0.25, -0.2) is 4.98 Å². The summed E-state index contributed by atoms with van der Waals surface area (Å²) in [6, 6.07) is 1.77. The van der Waals surface area contributed by atoms with Gasteiger partial charge in [-0.3, -0.25) is 9.00 Å². The number of esters is 1. The molecular formula is C11H12F3NO3S. The van der Waals surface area contributed by atoms with E-state index in [1.54, 1.807) is 6.92 Å². The molecule has 0 aromatic carbocycles. The molecule has 2 atom stereocenters. The van der Waals surface area contributed by atoms with Crippen LogP contribution in [0.15, 0.2) is 23.4 Å². The number of alkyl halides is 3. The van der Waals surface area contributed by atoms with E-state index in [1.807, 2.05) is 0 Å². The van der Waals surface area contributed by atoms with Crippen LogP contribution in [0.2, 0.25) is 0 Å². The van der Waals surface area contributed by atoms with Gasteiger partial charge in [0.05, 0.1) is 23.0 Å². The van der Waals surface area contributed by atoms with Crippen LogP contribution < -0.4 is 0 Å². The minimum atomic E-state index is -4.50. The van der Waals surface area contributed by atoms with Crippen molar-refractivity contribution in [1.82, 2.24) is 4.98 Å². The van der Waals surface area contributed by atoms with Gasteiger partial charge in [0.1, 0.15) is 10.3 Å². The fourth-order valence-corrected chi connectivity index (χ4v) is 2.16. The Kier molecular flexibility index (Phi) is 5.04. The smallest absolute Gasteiger partial charge is 0.417 e. The summed E-state index contributed by atoms with van der Waals surface area (Å²) in [5.74, 6) is -0.678. The molecule has 0 aliphatic rings. The predicted octanol–water partition coefficient (Wildman–Crippen LogP) is 2.16. The standard InChI is InChI=1S/C11H12F3NO3S/c1-3-18-10(16)7(2)19(17)9-5-4-8(6-15-9)11(12,13)14/h4-7H,3H2,1-2H3/t7-,19-/m1/s1. The summed E-state index contributed by atoms with van der Waals surface area (Å²) in [6.45, 7) is 3.11. The number of pyridine rings is 1. The molecule has 1 heterocycles. The van der Waals surface area contributed by atoms with Crippen molar-refractivity contribution in [3.05, 3.63) is 23.9 Å². The molecule has 8 heteroatoms. The van der Waals surface area contributed by atoms with Gasteiger partial charge < -0.3 is 4.74 Å². The fraction of sp³-hybridized carbons (Fsp3) is 0.455. The van der Waals surface area contributed by atoms with E-state index < -0.39 is 33.8 Å². The zero-order valence-corrected chi connectivity index (χ0v) is 11.0. The molecule has 106 valence electrons. The van der Waals surface area contributed by atoms with Crippen LogP contribution >= 0.6 is 0 Å². The molecule has 19 heavy (non-hydrogen) atoms. The third-order valence-corrected chi connectivity index (χ3v) is 3.70. The summed E-state index contributed by atoms with van der Waals surface area (Å²) in [6.07, 6.45) is -3.91. The van der Waals surface area contributed by atoms with E-state index in [0.29, 0.717) is 6.20 Å². The molecule has 1 aromatic rings. The first kappa shape index (κ1) is 15.6. The number of carbonyl (C=O) groups excluding carboxylic acids is 1. The average molecular weight is 295 g/mol. The van der Waals surface area contributed by atoms with Crippen LogP contribution in [0.5, 0.6) is 0 Å². The van der Waals surface area contributed by atoms with E-state index in [2.05, 4.69) is 9.72 Å². The minimum Gasteiger partial charge on any atom is -0.465 e. The van der Waals surface area contributed by atoms with E-state index in [-0.39, 0.29) is 11.6 Å². The van der Waals surface area contributed by atoms with Crippen molar-refractivity contribution in [2.24, 2.45) is 0 Å². The highest BCUT2D eigenvalue weighted by Crippen LogP contribution is 2.28. The molecule has 0 aliphatic heterocycles. The number of halogens is 3. The normalized spacial score (nSPS) is 14.8. The molecule has 0 saturated carbocycles. The van der Waals surface area contributed by atoms with Crippen molar-refractivity contribution < 1.29 is 26.9 Å². The van der Waals surface area contributed by atoms with Crippen LogP contribution in [0.4, 0.5) is 13.2 Å². The Balaban J connectivity index is 2.87. The Morgan fingerprint density at radius 1 is 1.47 bits per heavy atom. The summed E-state index contributed by atoms with van der Waals surface area (Å²) in [5, 5.41) is -1.07. The van der Waals surface area contributed by atoms with E-state index in [4.69, 9.17) is 0 Å². The molecule has 1 aromatic heterocycles. The molecule has 0 spiro atoms. The lowest BCUT2D eigenvalue weighted by atomic mass is 10.3. The zero-order valence-electron chi connectivity index (χ0n) is 10.2. The number of rotatable bonds is 4. The topological polar surface area (TPSA) is 56.3 Å². The number of nitrogens with zero attached hydrogens (tertiary/aromatic N) is 1. The number of carbonyl (C=O) groups is 1. The van der Waals surface area contributed by atoms with E-state index in [0.717, 1.165) is 12.1 Å². The number of aromatic nitrogens is 1. The molecule has 0 radical (unpaired) electrons. The van der Waals surface area contributed by atoms with Crippen LogP contribution in [-0.4, -0.2) is 27.0 Å². The van der Waals surface area contributed by atoms with Crippen LogP contribution in [0.1, 0.15) is 19.4 Å². The molecule has 0 bridgehead atoms. The summed E-state index contributed by atoms with van der Waals surface area (Å²) in [7, 11) is -1.85. The van der Waals surface area contributed by atoms with Crippen molar-refractivity contribution in [1.29, 1.82) is 0 Å². The Labute approximate surface area is 110 Å². The first-order valence-corrected chi connectivity index (χ1v) is 6.59. The highest BCUT2D eigenvalue weighted by Gasteiger charge is 2.31. The maximum absolute atomic E-state index is 12.3. The van der Waals surface area contributed by atoms with Gasteiger partial charge >= 0.3 is 12.1 Å². The van der Waals surface area contributed by atoms with Crippen LogP contribution in [0.25, 0.3) is 0 Å². The van der Waals surface area contributed by atoms with Crippen molar-refractivity contribution in [2.75, 3.05) is 6.61 Å². The number of hydrogen-bond acceptors (Lipinski definition) is 4. The molecule has 0 fully saturated rings. The zero-order chi connectivity index (χ0) is 14.6. The molecule has 0 unspecified atom stereocenters. The second kappa shape index (κ2) is 6.14. The van der Waals surface area contributed by atoms with Crippen LogP contribution in [-0.2, 0) is 26.5 Å². The van der Waals surface area contributed by atoms with Gasteiger partial charge in [0.15, 0.2) is 0 Å². The fourth-order valence-electron chi connectivity index (χ4n) is 1.20. The summed E-state index contributed by atoms with van der Waals surface area (Å²) in [5.41, 5.74) is -0.933. The van der Waals surface area contributed by atoms with Gasteiger partial charge in [0.2, 0.25) is 0 Å². The minimum absolute atomic E-state index is 0.0893. The molecule has 1 rings (SSSR count). The molecular weight excluding hydrogens is 283 g/mol. The van der Waals surface area contributed by atoms with Gasteiger partial charge in [-0.15, -0.1) is 0 Å². The Bertz CT molecular complexity index is 473. The van der Waals surface area contributed by atoms with Crippen molar-refractivity contribution in [3.63, 3.8) is 0 Å². The summed E-state index contributed by atoms with van der Waals surface area (Å²) >= 11 is 0. The van der Waals surface area contributed by atoms with E-state index >= 15 is 0 Å². The van der Waals surface area contributed by atoms with Crippen LogP contribution in [0.3, 0.4) is 0 Å². The van der Waals surface area contributed by atoms with Gasteiger partial charge in [-0.2, -0.15) is 13.2 Å². The third kappa shape index (κ3) is 4.02. The molecule has 0 aliphatic carbocycles. The Hall–Kier alpha value is -1.44. The van der Waals surface area contributed by atoms with Gasteiger partial charge in [0.25, 0.3) is 0 Å². The van der Waals surface area contributed by atoms with Gasteiger partial charge in [-0.1, -0.05) is 0 Å². The first-order chi connectivity index (χ1) is 8.77. The summed E-state index contributed by atoms with van der Waals surface area (Å²) < 4.78 is 53.5. The molecule has 4 nitrogen and oxygen atoms in total. The first-order valence-electron chi connectivity index (χ1n) is 5.37. The predicted molar refractivity (Wildman–Crippen MR) is 61.7 cm³/mol. The lowest BCUT2D eigenvalue weighted by molar-refractivity contribution is -0.142. The Morgan fingerprint density at radius 3 is 2.53 bits per heavy atom. The van der Waals surface area contributed by atoms with Crippen molar-refractivity contribution in [2.45, 2.75) is 30.3 Å². The number of ether oxygens (including phenoxy) is 1. The third-order valence-electron chi connectivity index (χ3n) is 2.21. The van der Waals surface area contributed by atoms with Gasteiger partial charge in [-0.05, 0) is 26.0 Å². The van der Waals surface area contributed by atoms with Crippen molar-refractivity contribution >= 4 is 16.8 Å². The van der Waals surface area contributed by atoms with E-state index in [9.17, 15) is 22.2 Å². The van der Waals surface area contributed by atoms with Crippen molar-refractivity contribution in [3.8, 4) is 0 Å². The SMILES string of the molecule is CCOC(=O)[C@@H](C)[S@@](=O)c1ccc(C(F)(F)F)cn1.